The van der Waals surface area contributed by atoms with E-state index in [1.807, 2.05) is 0 Å². The molecule has 0 radical (unpaired) electrons. The molecule has 0 unspecified atom stereocenters. The van der Waals surface area contributed by atoms with Gasteiger partial charge in [0.15, 0.2) is 0 Å². The monoisotopic (exact) mass is 499 g/mol. The van der Waals surface area contributed by atoms with Gasteiger partial charge in [0.25, 0.3) is 0 Å². The highest BCUT2D eigenvalue weighted by Crippen LogP contribution is 2.48. The molecule has 2 aromatic rings. The number of phosphoric ester groups is 1. The molecule has 6 nitrogen and oxygen atoms in total. The van der Waals surface area contributed by atoms with Gasteiger partial charge in [-0.25, -0.2) is 4.57 Å². The fourth-order valence-corrected chi connectivity index (χ4v) is 4.16. The molecule has 182 valence electrons. The summed E-state index contributed by atoms with van der Waals surface area (Å²) in [5.74, 6) is -0.525. The van der Waals surface area contributed by atoms with Crippen molar-refractivity contribution in [2.45, 2.75) is 37.2 Å². The quantitative estimate of drug-likeness (QED) is 0.393. The van der Waals surface area contributed by atoms with Crippen LogP contribution in [0.3, 0.4) is 0 Å². The first-order valence-corrected chi connectivity index (χ1v) is 11.1. The molecular formula is C20H20F6NO5P. The topological polar surface area (TPSA) is 91.0 Å². The Kier molecular flexibility index (Phi) is 7.16. The highest BCUT2D eigenvalue weighted by atomic mass is 31.2. The fourth-order valence-electron chi connectivity index (χ4n) is 3.25. The number of halogens is 6. The summed E-state index contributed by atoms with van der Waals surface area (Å²) in [6, 6.07) is 6.96. The molecule has 0 spiro atoms. The minimum Gasteiger partial charge on any atom is -0.457 e. The van der Waals surface area contributed by atoms with E-state index in [0.29, 0.717) is 6.07 Å². The van der Waals surface area contributed by atoms with Crippen LogP contribution < -0.4 is 10.5 Å². The van der Waals surface area contributed by atoms with Gasteiger partial charge >= 0.3 is 20.2 Å². The zero-order chi connectivity index (χ0) is 24.5. The Bertz CT molecular complexity index is 1030. The van der Waals surface area contributed by atoms with Gasteiger partial charge in [0.2, 0.25) is 0 Å². The highest BCUT2D eigenvalue weighted by molar-refractivity contribution is 7.47. The number of alkyl halides is 6. The summed E-state index contributed by atoms with van der Waals surface area (Å²) in [7, 11) is -4.14. The number of hydrogen-bond acceptors (Lipinski definition) is 5. The zero-order valence-corrected chi connectivity index (χ0v) is 17.8. The van der Waals surface area contributed by atoms with E-state index in [4.69, 9.17) is 10.5 Å². The summed E-state index contributed by atoms with van der Waals surface area (Å²) in [6.45, 7) is -0.562. The second kappa shape index (κ2) is 9.27. The lowest BCUT2D eigenvalue weighted by molar-refractivity contribution is -0.138. The van der Waals surface area contributed by atoms with E-state index in [1.54, 1.807) is 0 Å². The summed E-state index contributed by atoms with van der Waals surface area (Å²) in [5.41, 5.74) is 2.85. The zero-order valence-electron chi connectivity index (χ0n) is 16.9. The summed E-state index contributed by atoms with van der Waals surface area (Å²) in [5, 5.41) is 0. The van der Waals surface area contributed by atoms with Crippen LogP contribution >= 0.6 is 7.82 Å². The number of benzene rings is 2. The van der Waals surface area contributed by atoms with Gasteiger partial charge in [0.1, 0.15) is 11.5 Å². The number of hydrogen-bond donors (Lipinski definition) is 2. The maximum Gasteiger partial charge on any atom is 0.472 e. The lowest BCUT2D eigenvalue weighted by atomic mass is 9.93. The molecular weight excluding hydrogens is 479 g/mol. The summed E-state index contributed by atoms with van der Waals surface area (Å²) in [4.78, 5) is 9.19. The van der Waals surface area contributed by atoms with Crippen molar-refractivity contribution in [3.05, 3.63) is 59.2 Å². The Hall–Kier alpha value is -2.11. The third kappa shape index (κ3) is 6.94. The Morgan fingerprint density at radius 2 is 1.64 bits per heavy atom. The van der Waals surface area contributed by atoms with Crippen LogP contribution in [0.4, 0.5) is 26.3 Å². The molecule has 3 N–H and O–H groups in total. The van der Waals surface area contributed by atoms with Crippen LogP contribution in [-0.2, 0) is 32.4 Å². The third-order valence-corrected chi connectivity index (χ3v) is 5.85. The van der Waals surface area contributed by atoms with Crippen LogP contribution in [0.1, 0.15) is 29.5 Å². The average molecular weight is 499 g/mol. The van der Waals surface area contributed by atoms with Crippen LogP contribution in [0, 0.1) is 0 Å². The first-order chi connectivity index (χ1) is 15.2. The molecule has 0 aromatic heterocycles. The van der Waals surface area contributed by atoms with Crippen LogP contribution in [-0.4, -0.2) is 23.6 Å². The third-order valence-electron chi connectivity index (χ3n) is 4.93. The molecule has 1 saturated heterocycles. The number of rotatable bonds is 6. The molecule has 1 heterocycles. The van der Waals surface area contributed by atoms with Gasteiger partial charge in [-0.3, -0.25) is 9.05 Å². The van der Waals surface area contributed by atoms with Gasteiger partial charge in [-0.05, 0) is 55.2 Å². The molecule has 3 rings (SSSR count). The number of nitrogens with two attached hydrogens (primary N) is 1. The van der Waals surface area contributed by atoms with Crippen LogP contribution in [0.15, 0.2) is 42.5 Å². The van der Waals surface area contributed by atoms with Gasteiger partial charge in [-0.1, -0.05) is 12.1 Å². The van der Waals surface area contributed by atoms with Gasteiger partial charge in [0.05, 0.1) is 29.9 Å². The standard InChI is InChI=1S/C20H20F6NO5P/c21-19(22,23)14-4-1-5-15(9-14)32-16-7-6-13(17(10-16)20(24,25)26)3-2-8-18(27)11-30-33(28,29)31-12-18/h1,4-7,9-10H,2-3,8,11-12,27H2,(H,28,29). The molecule has 13 heteroatoms. The van der Waals surface area contributed by atoms with E-state index in [2.05, 4.69) is 9.05 Å². The van der Waals surface area contributed by atoms with Crippen molar-refractivity contribution in [3.63, 3.8) is 0 Å². The van der Waals surface area contributed by atoms with Gasteiger partial charge < -0.3 is 15.4 Å². The van der Waals surface area contributed by atoms with E-state index in [-0.39, 0.29) is 49.5 Å². The van der Waals surface area contributed by atoms with Crippen molar-refractivity contribution in [2.24, 2.45) is 5.73 Å². The predicted octanol–water partition coefficient (Wildman–Crippen LogP) is 5.68. The van der Waals surface area contributed by atoms with Crippen molar-refractivity contribution in [3.8, 4) is 11.5 Å². The first-order valence-electron chi connectivity index (χ1n) is 9.63. The van der Waals surface area contributed by atoms with Crippen LogP contribution in [0.25, 0.3) is 0 Å². The smallest absolute Gasteiger partial charge is 0.457 e. The SMILES string of the molecule is NC1(CCCc2ccc(Oc3cccc(C(F)(F)F)c3)cc2C(F)(F)F)COP(=O)(O)OC1. The Morgan fingerprint density at radius 3 is 2.24 bits per heavy atom. The van der Waals surface area contributed by atoms with Gasteiger partial charge in [0, 0.05) is 0 Å². The van der Waals surface area contributed by atoms with Crippen LogP contribution in [0.2, 0.25) is 0 Å². The van der Waals surface area contributed by atoms with Crippen molar-refractivity contribution in [2.75, 3.05) is 13.2 Å². The molecule has 0 atom stereocenters. The van der Waals surface area contributed by atoms with Crippen molar-refractivity contribution >= 4 is 7.82 Å². The second-order valence-corrected chi connectivity index (χ2v) is 9.13. The summed E-state index contributed by atoms with van der Waals surface area (Å²) >= 11 is 0. The lowest BCUT2D eigenvalue weighted by Gasteiger charge is -2.34. The van der Waals surface area contributed by atoms with Crippen molar-refractivity contribution in [1.82, 2.24) is 0 Å². The molecule has 0 amide bonds. The van der Waals surface area contributed by atoms with Crippen molar-refractivity contribution < 1.29 is 49.6 Å². The fraction of sp³-hybridized carbons (Fsp3) is 0.400. The molecule has 0 saturated carbocycles. The molecule has 0 bridgehead atoms. The minimum absolute atomic E-state index is 0.0333. The Morgan fingerprint density at radius 1 is 1.00 bits per heavy atom. The summed E-state index contributed by atoms with van der Waals surface area (Å²) in [6.07, 6.45) is -9.04. The van der Waals surface area contributed by atoms with Crippen LogP contribution in [0.5, 0.6) is 11.5 Å². The Balaban J connectivity index is 1.72. The van der Waals surface area contributed by atoms with E-state index >= 15 is 0 Å². The van der Waals surface area contributed by atoms with E-state index in [0.717, 1.165) is 18.2 Å². The molecule has 2 aromatic carbocycles. The van der Waals surface area contributed by atoms with E-state index in [9.17, 15) is 35.8 Å². The lowest BCUT2D eigenvalue weighted by Crippen LogP contribution is -2.50. The molecule has 33 heavy (non-hydrogen) atoms. The minimum atomic E-state index is -4.73. The maximum atomic E-state index is 13.6. The van der Waals surface area contributed by atoms with Gasteiger partial charge in [-0.2, -0.15) is 26.3 Å². The second-order valence-electron chi connectivity index (χ2n) is 7.68. The Labute approximate surface area is 184 Å². The largest absolute Gasteiger partial charge is 0.472 e. The number of aryl methyl sites for hydroxylation is 1. The first kappa shape index (κ1) is 25.5. The molecule has 1 aliphatic rings. The van der Waals surface area contributed by atoms with Gasteiger partial charge in [-0.15, -0.1) is 0 Å². The molecule has 1 fully saturated rings. The highest BCUT2D eigenvalue weighted by Gasteiger charge is 2.39. The van der Waals surface area contributed by atoms with Crippen molar-refractivity contribution in [1.29, 1.82) is 0 Å². The molecule has 0 aliphatic carbocycles. The predicted molar refractivity (Wildman–Crippen MR) is 105 cm³/mol. The normalized spacial score (nSPS) is 24.0. The van der Waals surface area contributed by atoms with E-state index < -0.39 is 36.8 Å². The molecule has 1 aliphatic heterocycles. The maximum absolute atomic E-state index is 13.6. The number of phosphoric acid groups is 1. The summed E-state index contributed by atoms with van der Waals surface area (Å²) < 4.78 is 105. The number of ether oxygens (including phenoxy) is 1. The van der Waals surface area contributed by atoms with E-state index in [1.165, 1.54) is 18.2 Å². The average Bonchev–Trinajstić information content (AvgIpc) is 2.70.